The van der Waals surface area contributed by atoms with Crippen LogP contribution in [0, 0.1) is 5.82 Å². The highest BCUT2D eigenvalue weighted by Gasteiger charge is 2.32. The van der Waals surface area contributed by atoms with E-state index in [1.54, 1.807) is 12.1 Å². The number of hydrogen-bond acceptors (Lipinski definition) is 4. The molecule has 1 aromatic rings. The first-order valence-electron chi connectivity index (χ1n) is 6.51. The number of hydrogen-bond donors (Lipinski definition) is 0. The third kappa shape index (κ3) is 3.88. The molecule has 2 rings (SSSR count). The molecule has 21 heavy (non-hydrogen) atoms. The quantitative estimate of drug-likeness (QED) is 0.621. The summed E-state index contributed by atoms with van der Waals surface area (Å²) in [4.78, 5) is 25.2. The molecule has 0 aliphatic carbocycles. The van der Waals surface area contributed by atoms with Crippen LogP contribution in [-0.2, 0) is 19.1 Å². The molecule has 0 aromatic heterocycles. The lowest BCUT2D eigenvalue weighted by Gasteiger charge is -2.32. The number of amides is 1. The van der Waals surface area contributed by atoms with Crippen LogP contribution in [0.15, 0.2) is 30.3 Å². The molecule has 1 aromatic carbocycles. The number of benzene rings is 1. The maximum atomic E-state index is 13.1. The molecule has 0 N–H and O–H groups in total. The van der Waals surface area contributed by atoms with Gasteiger partial charge in [0.1, 0.15) is 5.82 Å². The first-order chi connectivity index (χ1) is 10.1. The predicted octanol–water partition coefficient (Wildman–Crippen LogP) is 1.24. The molecule has 0 spiro atoms. The Morgan fingerprint density at radius 2 is 2.29 bits per heavy atom. The average molecular weight is 293 g/mol. The van der Waals surface area contributed by atoms with E-state index in [9.17, 15) is 14.0 Å². The van der Waals surface area contributed by atoms with E-state index >= 15 is 0 Å². The van der Waals surface area contributed by atoms with Gasteiger partial charge in [0.05, 0.1) is 20.3 Å². The topological polar surface area (TPSA) is 55.8 Å². The molecule has 1 aliphatic rings. The van der Waals surface area contributed by atoms with Gasteiger partial charge < -0.3 is 14.4 Å². The Morgan fingerprint density at radius 3 is 3.00 bits per heavy atom. The first kappa shape index (κ1) is 15.2. The third-order valence-electron chi connectivity index (χ3n) is 3.15. The van der Waals surface area contributed by atoms with E-state index < -0.39 is 12.0 Å². The second-order valence-corrected chi connectivity index (χ2v) is 4.53. The van der Waals surface area contributed by atoms with Crippen molar-refractivity contribution in [2.45, 2.75) is 6.04 Å². The SMILES string of the molecule is COC(=O)C1COCCN1C(=O)/C=C/c1cccc(F)c1. The van der Waals surface area contributed by atoms with Gasteiger partial charge in [0, 0.05) is 12.6 Å². The molecule has 6 heteroatoms. The lowest BCUT2D eigenvalue weighted by molar-refractivity contribution is -0.158. The number of ether oxygens (including phenoxy) is 2. The van der Waals surface area contributed by atoms with Crippen LogP contribution in [0.5, 0.6) is 0 Å². The van der Waals surface area contributed by atoms with Crippen LogP contribution in [0.4, 0.5) is 4.39 Å². The molecule has 1 unspecified atom stereocenters. The Balaban J connectivity index is 2.08. The number of esters is 1. The second-order valence-electron chi connectivity index (χ2n) is 4.53. The molecule has 1 heterocycles. The average Bonchev–Trinajstić information content (AvgIpc) is 2.52. The minimum Gasteiger partial charge on any atom is -0.467 e. The highest BCUT2D eigenvalue weighted by atomic mass is 19.1. The van der Waals surface area contributed by atoms with Crippen molar-refractivity contribution in [1.29, 1.82) is 0 Å². The van der Waals surface area contributed by atoms with Gasteiger partial charge >= 0.3 is 5.97 Å². The third-order valence-corrected chi connectivity index (χ3v) is 3.15. The summed E-state index contributed by atoms with van der Waals surface area (Å²) in [5.41, 5.74) is 0.575. The number of halogens is 1. The minimum atomic E-state index is -0.742. The lowest BCUT2D eigenvalue weighted by atomic mass is 10.2. The highest BCUT2D eigenvalue weighted by molar-refractivity contribution is 5.94. The number of rotatable bonds is 3. The number of morpholine rings is 1. The van der Waals surface area contributed by atoms with E-state index in [1.165, 1.54) is 36.3 Å². The number of carbonyl (C=O) groups excluding carboxylic acids is 2. The largest absolute Gasteiger partial charge is 0.467 e. The van der Waals surface area contributed by atoms with E-state index in [0.29, 0.717) is 18.7 Å². The zero-order chi connectivity index (χ0) is 15.2. The van der Waals surface area contributed by atoms with Gasteiger partial charge in [-0.25, -0.2) is 9.18 Å². The summed E-state index contributed by atoms with van der Waals surface area (Å²) in [5.74, 6) is -1.22. The van der Waals surface area contributed by atoms with Crippen molar-refractivity contribution < 1.29 is 23.5 Å². The zero-order valence-electron chi connectivity index (χ0n) is 11.6. The van der Waals surface area contributed by atoms with Gasteiger partial charge in [-0.05, 0) is 23.8 Å². The van der Waals surface area contributed by atoms with Gasteiger partial charge in [0.25, 0.3) is 0 Å². The summed E-state index contributed by atoms with van der Waals surface area (Å²) in [6.07, 6.45) is 2.82. The Bertz CT molecular complexity index is 558. The van der Waals surface area contributed by atoms with Crippen molar-refractivity contribution in [3.63, 3.8) is 0 Å². The van der Waals surface area contributed by atoms with Crippen molar-refractivity contribution in [2.24, 2.45) is 0 Å². The van der Waals surface area contributed by atoms with Crippen LogP contribution in [0.25, 0.3) is 6.08 Å². The predicted molar refractivity (Wildman–Crippen MR) is 73.8 cm³/mol. The van der Waals surface area contributed by atoms with Crippen molar-refractivity contribution in [2.75, 3.05) is 26.9 Å². The van der Waals surface area contributed by atoms with E-state index in [4.69, 9.17) is 4.74 Å². The lowest BCUT2D eigenvalue weighted by Crippen LogP contribution is -2.52. The molecular formula is C15H16FNO4. The van der Waals surface area contributed by atoms with Gasteiger partial charge in [-0.1, -0.05) is 12.1 Å². The van der Waals surface area contributed by atoms with Crippen LogP contribution in [-0.4, -0.2) is 49.7 Å². The molecule has 1 saturated heterocycles. The monoisotopic (exact) mass is 293 g/mol. The van der Waals surface area contributed by atoms with Gasteiger partial charge in [-0.2, -0.15) is 0 Å². The Morgan fingerprint density at radius 1 is 1.48 bits per heavy atom. The normalized spacial score (nSPS) is 18.8. The molecular weight excluding hydrogens is 277 g/mol. The van der Waals surface area contributed by atoms with Crippen molar-refractivity contribution >= 4 is 18.0 Å². The summed E-state index contributed by atoms with van der Waals surface area (Å²) in [5, 5.41) is 0. The number of methoxy groups -OCH3 is 1. The van der Waals surface area contributed by atoms with Gasteiger partial charge in [-0.15, -0.1) is 0 Å². The molecule has 0 bridgehead atoms. The van der Waals surface area contributed by atoms with Crippen LogP contribution < -0.4 is 0 Å². The number of nitrogens with zero attached hydrogens (tertiary/aromatic N) is 1. The van der Waals surface area contributed by atoms with Crippen molar-refractivity contribution in [1.82, 2.24) is 4.90 Å². The van der Waals surface area contributed by atoms with Crippen LogP contribution in [0.1, 0.15) is 5.56 Å². The fourth-order valence-electron chi connectivity index (χ4n) is 2.07. The summed E-state index contributed by atoms with van der Waals surface area (Å²) < 4.78 is 22.9. The molecule has 1 aliphatic heterocycles. The standard InChI is InChI=1S/C15H16FNO4/c1-20-15(19)13-10-21-8-7-17(13)14(18)6-5-11-3-2-4-12(16)9-11/h2-6,9,13H,7-8,10H2,1H3/b6-5+. The summed E-state index contributed by atoms with van der Waals surface area (Å²) in [7, 11) is 1.27. The molecule has 112 valence electrons. The minimum absolute atomic E-state index is 0.117. The number of carbonyl (C=O) groups is 2. The molecule has 0 radical (unpaired) electrons. The van der Waals surface area contributed by atoms with Gasteiger partial charge in [-0.3, -0.25) is 4.79 Å². The van der Waals surface area contributed by atoms with Crippen LogP contribution in [0.3, 0.4) is 0 Å². The Labute approximate surface area is 121 Å². The van der Waals surface area contributed by atoms with Crippen LogP contribution in [0.2, 0.25) is 0 Å². The fourth-order valence-corrected chi connectivity index (χ4v) is 2.07. The maximum Gasteiger partial charge on any atom is 0.331 e. The molecule has 1 fully saturated rings. The van der Waals surface area contributed by atoms with Crippen LogP contribution >= 0.6 is 0 Å². The Kier molecular flexibility index (Phi) is 5.05. The highest BCUT2D eigenvalue weighted by Crippen LogP contribution is 2.11. The molecule has 1 atom stereocenters. The van der Waals surface area contributed by atoms with Crippen molar-refractivity contribution in [3.05, 3.63) is 41.7 Å². The summed E-state index contributed by atoms with van der Waals surface area (Å²) >= 11 is 0. The zero-order valence-corrected chi connectivity index (χ0v) is 11.6. The smallest absolute Gasteiger partial charge is 0.331 e. The van der Waals surface area contributed by atoms with E-state index in [1.807, 2.05) is 0 Å². The molecule has 1 amide bonds. The second kappa shape index (κ2) is 6.99. The fraction of sp³-hybridized carbons (Fsp3) is 0.333. The van der Waals surface area contributed by atoms with Gasteiger partial charge in [0.2, 0.25) is 5.91 Å². The van der Waals surface area contributed by atoms with Crippen molar-refractivity contribution in [3.8, 4) is 0 Å². The first-order valence-corrected chi connectivity index (χ1v) is 6.51. The maximum absolute atomic E-state index is 13.1. The van der Waals surface area contributed by atoms with E-state index in [0.717, 1.165) is 0 Å². The summed E-state index contributed by atoms with van der Waals surface area (Å²) in [6.45, 7) is 0.797. The summed E-state index contributed by atoms with van der Waals surface area (Å²) in [6, 6.07) is 5.15. The van der Waals surface area contributed by atoms with Gasteiger partial charge in [0.15, 0.2) is 6.04 Å². The van der Waals surface area contributed by atoms with E-state index in [-0.39, 0.29) is 18.3 Å². The molecule has 0 saturated carbocycles. The molecule has 5 nitrogen and oxygen atoms in total. The van der Waals surface area contributed by atoms with E-state index in [2.05, 4.69) is 4.74 Å². The Hall–Kier alpha value is -2.21.